The molecule has 4 unspecified atom stereocenters. The van der Waals surface area contributed by atoms with Crippen LogP contribution in [0.4, 0.5) is 0 Å². The van der Waals surface area contributed by atoms with E-state index < -0.39 is 0 Å². The van der Waals surface area contributed by atoms with Crippen LogP contribution in [-0.4, -0.2) is 36.3 Å². The van der Waals surface area contributed by atoms with E-state index >= 15 is 0 Å². The third-order valence-electron chi connectivity index (χ3n) is 2.60. The summed E-state index contributed by atoms with van der Waals surface area (Å²) in [7, 11) is 0. The molecule has 0 aromatic heterocycles. The Morgan fingerprint density at radius 2 is 2.10 bits per heavy atom. The van der Waals surface area contributed by atoms with Crippen molar-refractivity contribution in [2.75, 3.05) is 0 Å². The molecule has 0 radical (unpaired) electrons. The predicted octanol–water partition coefficient (Wildman–Crippen LogP) is 1.10. The number of aliphatic hydroxyl groups excluding tert-OH is 1. The van der Waals surface area contributed by atoms with Gasteiger partial charge >= 0.3 is 78.4 Å². The first-order valence-electron chi connectivity index (χ1n) is 3.99. The van der Waals surface area contributed by atoms with Gasteiger partial charge in [0.25, 0.3) is 0 Å². The average Bonchev–Trinajstić information content (AvgIpc) is 2.14. The van der Waals surface area contributed by atoms with E-state index in [1.807, 2.05) is 6.92 Å². The second-order valence-corrected chi connectivity index (χ2v) is 5.77. The average molecular weight is 337 g/mol. The van der Waals surface area contributed by atoms with E-state index in [0.29, 0.717) is 5.92 Å². The molecule has 0 aromatic rings. The third kappa shape index (κ3) is 1.71. The molecular formula is C8H16OPo. The Bertz CT molecular complexity index is 114. The second-order valence-electron chi connectivity index (χ2n) is 3.45. The van der Waals surface area contributed by atoms with Gasteiger partial charge in [0.05, 0.1) is 0 Å². The standard InChI is InChI=1S/C8H15O.Po.H/c1-6-3-4-8(5-6)7(2)9;;/h5-9H,3-4H2,1-2H3;;. The molecule has 0 heterocycles. The predicted molar refractivity (Wildman–Crippen MR) is 44.5 cm³/mol. The van der Waals surface area contributed by atoms with Gasteiger partial charge in [-0.15, -0.1) is 0 Å². The fourth-order valence-corrected chi connectivity index (χ4v) is 3.87. The van der Waals surface area contributed by atoms with E-state index in [9.17, 15) is 5.11 Å². The number of hydrogen-bond acceptors (Lipinski definition) is 1. The van der Waals surface area contributed by atoms with Crippen LogP contribution in [0.2, 0.25) is 3.58 Å². The van der Waals surface area contributed by atoms with Crippen LogP contribution in [0.1, 0.15) is 26.7 Å². The molecular weight excluding hydrogens is 321 g/mol. The first-order chi connectivity index (χ1) is 4.63. The van der Waals surface area contributed by atoms with Gasteiger partial charge < -0.3 is 0 Å². The molecule has 4 atom stereocenters. The summed E-state index contributed by atoms with van der Waals surface area (Å²) in [6.07, 6.45) is 2.51. The summed E-state index contributed by atoms with van der Waals surface area (Å²) < 4.78 is 0.833. The third-order valence-corrected chi connectivity index (χ3v) is 6.06. The van der Waals surface area contributed by atoms with Crippen molar-refractivity contribution in [2.24, 2.45) is 11.8 Å². The summed E-state index contributed by atoms with van der Waals surface area (Å²) in [6, 6.07) is 0. The van der Waals surface area contributed by atoms with E-state index in [4.69, 9.17) is 0 Å². The van der Waals surface area contributed by atoms with Gasteiger partial charge in [-0.2, -0.15) is 0 Å². The molecule has 1 aliphatic rings. The van der Waals surface area contributed by atoms with E-state index in [-0.39, 0.29) is 6.10 Å². The summed E-state index contributed by atoms with van der Waals surface area (Å²) in [5.74, 6) is 1.48. The summed E-state index contributed by atoms with van der Waals surface area (Å²) in [6.45, 7) is 4.25. The van der Waals surface area contributed by atoms with Crippen molar-refractivity contribution in [3.63, 3.8) is 0 Å². The number of aliphatic hydroxyl groups is 1. The zero-order chi connectivity index (χ0) is 7.72. The molecule has 1 nitrogen and oxygen atoms in total. The van der Waals surface area contributed by atoms with Crippen molar-refractivity contribution >= 4 is 25.1 Å². The van der Waals surface area contributed by atoms with E-state index in [1.165, 1.54) is 37.9 Å². The van der Waals surface area contributed by atoms with Crippen molar-refractivity contribution in [3.05, 3.63) is 0 Å². The van der Waals surface area contributed by atoms with Crippen molar-refractivity contribution in [3.8, 4) is 0 Å². The Morgan fingerprint density at radius 1 is 1.50 bits per heavy atom. The number of rotatable bonds is 1. The quantitative estimate of drug-likeness (QED) is 0.760. The SMILES string of the molecule is CC(O)C1CCC(C)[CH]1[PoH]. The first kappa shape index (κ1) is 8.95. The monoisotopic (exact) mass is 337 g/mol. The first-order valence-corrected chi connectivity index (χ1v) is 6.00. The van der Waals surface area contributed by atoms with E-state index in [2.05, 4.69) is 6.92 Å². The Hall–Kier alpha value is 0.856. The molecule has 0 aliphatic heterocycles. The molecule has 10 heavy (non-hydrogen) atoms. The second kappa shape index (κ2) is 3.50. The fraction of sp³-hybridized carbons (Fsp3) is 1.00. The van der Waals surface area contributed by atoms with Crippen LogP contribution in [0.3, 0.4) is 0 Å². The molecule has 1 rings (SSSR count). The van der Waals surface area contributed by atoms with Gasteiger partial charge in [-0.1, -0.05) is 0 Å². The molecule has 1 fully saturated rings. The minimum absolute atomic E-state index is 0.0695. The molecule has 0 saturated heterocycles. The molecule has 2 heteroatoms. The van der Waals surface area contributed by atoms with E-state index in [1.54, 1.807) is 0 Å². The van der Waals surface area contributed by atoms with Gasteiger partial charge in [-0.25, -0.2) is 0 Å². The Balaban J connectivity index is 2.49. The number of hydrogen-bond donors (Lipinski definition) is 1. The van der Waals surface area contributed by atoms with Crippen LogP contribution in [0.5, 0.6) is 0 Å². The molecule has 0 spiro atoms. The Kier molecular flexibility index (Phi) is 3.13. The van der Waals surface area contributed by atoms with Crippen LogP contribution < -0.4 is 0 Å². The summed E-state index contributed by atoms with van der Waals surface area (Å²) >= 11 is 1.46. The van der Waals surface area contributed by atoms with Gasteiger partial charge in [-0.05, 0) is 0 Å². The van der Waals surface area contributed by atoms with Gasteiger partial charge in [0.15, 0.2) is 0 Å². The maximum absolute atomic E-state index is 9.36. The van der Waals surface area contributed by atoms with Gasteiger partial charge in [-0.3, -0.25) is 0 Å². The fourth-order valence-electron chi connectivity index (χ4n) is 1.75. The van der Waals surface area contributed by atoms with Gasteiger partial charge in [0, 0.05) is 0 Å². The van der Waals surface area contributed by atoms with Crippen LogP contribution >= 0.6 is 0 Å². The molecule has 1 aliphatic carbocycles. The normalized spacial score (nSPS) is 43.8. The van der Waals surface area contributed by atoms with Crippen LogP contribution in [0.15, 0.2) is 0 Å². The van der Waals surface area contributed by atoms with Crippen molar-refractivity contribution < 1.29 is 5.11 Å². The summed E-state index contributed by atoms with van der Waals surface area (Å²) in [5, 5.41) is 9.36. The summed E-state index contributed by atoms with van der Waals surface area (Å²) in [4.78, 5) is 0. The summed E-state index contributed by atoms with van der Waals surface area (Å²) in [5.41, 5.74) is 0. The molecule has 1 saturated carbocycles. The molecule has 0 amide bonds. The zero-order valence-corrected chi connectivity index (χ0v) is 10.1. The molecule has 0 bridgehead atoms. The van der Waals surface area contributed by atoms with Crippen LogP contribution in [0, 0.1) is 11.8 Å². The Labute approximate surface area is 78.3 Å². The van der Waals surface area contributed by atoms with Crippen LogP contribution in [-0.2, 0) is 0 Å². The molecule has 0 aromatic carbocycles. The maximum atomic E-state index is 9.36. The van der Waals surface area contributed by atoms with Crippen molar-refractivity contribution in [1.82, 2.24) is 0 Å². The van der Waals surface area contributed by atoms with Crippen molar-refractivity contribution in [2.45, 2.75) is 36.4 Å². The van der Waals surface area contributed by atoms with Crippen molar-refractivity contribution in [1.29, 1.82) is 0 Å². The Morgan fingerprint density at radius 3 is 2.30 bits per heavy atom. The topological polar surface area (TPSA) is 20.2 Å². The zero-order valence-electron chi connectivity index (χ0n) is 6.62. The molecule has 1 N–H and O–H groups in total. The van der Waals surface area contributed by atoms with Gasteiger partial charge in [0.2, 0.25) is 0 Å². The molecule has 60 valence electrons. The van der Waals surface area contributed by atoms with E-state index in [0.717, 1.165) is 9.49 Å². The van der Waals surface area contributed by atoms with Crippen LogP contribution in [0.25, 0.3) is 0 Å². The van der Waals surface area contributed by atoms with Gasteiger partial charge in [0.1, 0.15) is 0 Å². The minimum atomic E-state index is -0.0695.